The molecule has 0 saturated carbocycles. The summed E-state index contributed by atoms with van der Waals surface area (Å²) in [6.07, 6.45) is 2.80. The summed E-state index contributed by atoms with van der Waals surface area (Å²) in [5.41, 5.74) is 8.46. The molecular weight excluding hydrogens is 514 g/mol. The number of thiazole rings is 1. The highest BCUT2D eigenvalue weighted by Crippen LogP contribution is 2.42. The van der Waals surface area contributed by atoms with Gasteiger partial charge in [0.25, 0.3) is 0 Å². The van der Waals surface area contributed by atoms with Crippen LogP contribution in [0.2, 0.25) is 5.02 Å². The van der Waals surface area contributed by atoms with Crippen LogP contribution in [0, 0.1) is 0 Å². The standard InChI is InChI=1S/C22H22ClN5O3S3/c1-4-13-8-16(12-5-6-17-15(7-12)25-11-32-17)31-20(26-13)18-9-14(23)19(33-18)22(2)10-34(29,30)28(3)21(24)27-22/h5-9,11,13H,4,10H2,1-3H3,(H2,24,27). The van der Waals surface area contributed by atoms with E-state index in [2.05, 4.69) is 16.9 Å². The van der Waals surface area contributed by atoms with Crippen LogP contribution >= 0.6 is 34.3 Å². The molecule has 0 amide bonds. The van der Waals surface area contributed by atoms with E-state index in [4.69, 9.17) is 27.1 Å². The van der Waals surface area contributed by atoms with Crippen LogP contribution in [-0.4, -0.2) is 48.4 Å². The number of hydrogen-bond donors (Lipinski definition) is 1. The quantitative estimate of drug-likeness (QED) is 0.532. The average Bonchev–Trinajstić information content (AvgIpc) is 3.43. The molecular formula is C22H22ClN5O3S3. The van der Waals surface area contributed by atoms with Crippen molar-refractivity contribution in [2.24, 2.45) is 15.7 Å². The van der Waals surface area contributed by atoms with Gasteiger partial charge in [-0.15, -0.1) is 22.7 Å². The molecule has 3 aromatic rings. The number of fused-ring (bicyclic) bond motifs is 1. The molecule has 2 aromatic heterocycles. The van der Waals surface area contributed by atoms with E-state index >= 15 is 0 Å². The fraction of sp³-hybridized carbons (Fsp3) is 0.318. The van der Waals surface area contributed by atoms with E-state index in [1.807, 2.05) is 29.8 Å². The molecule has 178 valence electrons. The van der Waals surface area contributed by atoms with E-state index in [-0.39, 0.29) is 17.8 Å². The van der Waals surface area contributed by atoms with Gasteiger partial charge in [-0.05, 0) is 43.7 Å². The normalized spacial score (nSPS) is 24.4. The summed E-state index contributed by atoms with van der Waals surface area (Å²) in [6, 6.07) is 7.73. The summed E-state index contributed by atoms with van der Waals surface area (Å²) in [4.78, 5) is 14.9. The summed E-state index contributed by atoms with van der Waals surface area (Å²) in [6.45, 7) is 3.78. The Morgan fingerprint density at radius 2 is 2.15 bits per heavy atom. The lowest BCUT2D eigenvalue weighted by atomic mass is 10.0. The van der Waals surface area contributed by atoms with E-state index in [0.29, 0.717) is 26.4 Å². The van der Waals surface area contributed by atoms with Gasteiger partial charge in [-0.1, -0.05) is 18.5 Å². The van der Waals surface area contributed by atoms with Gasteiger partial charge in [0, 0.05) is 12.6 Å². The Bertz CT molecular complexity index is 1490. The number of nitrogens with zero attached hydrogens (tertiary/aromatic N) is 4. The number of sulfonamides is 1. The third-order valence-corrected chi connectivity index (χ3v) is 10.4. The molecule has 8 nitrogen and oxygen atoms in total. The third-order valence-electron chi connectivity index (χ3n) is 5.82. The lowest BCUT2D eigenvalue weighted by molar-refractivity contribution is 0.482. The predicted molar refractivity (Wildman–Crippen MR) is 139 cm³/mol. The molecule has 2 unspecified atom stereocenters. The van der Waals surface area contributed by atoms with E-state index in [1.54, 1.807) is 24.3 Å². The van der Waals surface area contributed by atoms with Crippen molar-refractivity contribution < 1.29 is 13.2 Å². The van der Waals surface area contributed by atoms with E-state index in [1.165, 1.54) is 18.4 Å². The van der Waals surface area contributed by atoms with Gasteiger partial charge in [0.05, 0.1) is 42.3 Å². The average molecular weight is 536 g/mol. The summed E-state index contributed by atoms with van der Waals surface area (Å²) in [5.74, 6) is 0.839. The van der Waals surface area contributed by atoms with Gasteiger partial charge in [-0.3, -0.25) is 0 Å². The van der Waals surface area contributed by atoms with Crippen LogP contribution in [0.4, 0.5) is 0 Å². The predicted octanol–water partition coefficient (Wildman–Crippen LogP) is 4.41. The number of guanidine groups is 1. The van der Waals surface area contributed by atoms with Crippen molar-refractivity contribution >= 4 is 72.1 Å². The summed E-state index contributed by atoms with van der Waals surface area (Å²) in [5, 5.41) is 0.401. The Hall–Kier alpha value is -2.47. The van der Waals surface area contributed by atoms with Gasteiger partial charge in [0.2, 0.25) is 21.9 Å². The molecule has 2 aliphatic rings. The van der Waals surface area contributed by atoms with Crippen molar-refractivity contribution in [3.05, 3.63) is 56.2 Å². The van der Waals surface area contributed by atoms with Crippen LogP contribution in [-0.2, 0) is 20.3 Å². The first-order valence-corrected chi connectivity index (χ1v) is 14.2. The Morgan fingerprint density at radius 1 is 1.35 bits per heavy atom. The fourth-order valence-corrected chi connectivity index (χ4v) is 7.68. The molecule has 0 aliphatic carbocycles. The number of ether oxygens (including phenoxy) is 1. The zero-order chi connectivity index (χ0) is 24.3. The number of aliphatic imine (C=N–C) groups is 2. The van der Waals surface area contributed by atoms with E-state index in [9.17, 15) is 8.42 Å². The fourth-order valence-electron chi connectivity index (χ4n) is 3.92. The summed E-state index contributed by atoms with van der Waals surface area (Å²) >= 11 is 9.51. The van der Waals surface area contributed by atoms with E-state index in [0.717, 1.165) is 26.5 Å². The van der Waals surface area contributed by atoms with Crippen LogP contribution in [0.25, 0.3) is 16.0 Å². The van der Waals surface area contributed by atoms with Crippen molar-refractivity contribution in [1.29, 1.82) is 0 Å². The first-order valence-electron chi connectivity index (χ1n) is 10.5. The second kappa shape index (κ2) is 8.33. The van der Waals surface area contributed by atoms with Gasteiger partial charge in [0.1, 0.15) is 11.3 Å². The minimum Gasteiger partial charge on any atom is -0.438 e. The smallest absolute Gasteiger partial charge is 0.239 e. The Morgan fingerprint density at radius 3 is 2.88 bits per heavy atom. The SMILES string of the molecule is CCC1C=C(c2ccc3scnc3c2)OC(c2cc(Cl)c(C3(C)CS(=O)(=O)N(C)C(N)=N3)s2)=N1. The van der Waals surface area contributed by atoms with Crippen LogP contribution in [0.15, 0.2) is 45.8 Å². The third kappa shape index (κ3) is 4.00. The highest BCUT2D eigenvalue weighted by Gasteiger charge is 2.42. The Balaban J connectivity index is 1.51. The van der Waals surface area contributed by atoms with Crippen LogP contribution < -0.4 is 5.73 Å². The van der Waals surface area contributed by atoms with Crippen LogP contribution in [0.3, 0.4) is 0 Å². The molecule has 0 radical (unpaired) electrons. The largest absolute Gasteiger partial charge is 0.438 e. The van der Waals surface area contributed by atoms with Gasteiger partial charge >= 0.3 is 0 Å². The number of halogens is 1. The zero-order valence-electron chi connectivity index (χ0n) is 18.6. The second-order valence-electron chi connectivity index (χ2n) is 8.33. The number of rotatable bonds is 4. The van der Waals surface area contributed by atoms with Gasteiger partial charge in [-0.2, -0.15) is 0 Å². The molecule has 12 heteroatoms. The molecule has 34 heavy (non-hydrogen) atoms. The number of nitrogens with two attached hydrogens (primary N) is 1. The van der Waals surface area contributed by atoms with Gasteiger partial charge < -0.3 is 10.5 Å². The number of hydrogen-bond acceptors (Lipinski definition) is 9. The maximum Gasteiger partial charge on any atom is 0.239 e. The molecule has 0 spiro atoms. The molecule has 1 aromatic carbocycles. The van der Waals surface area contributed by atoms with Crippen molar-refractivity contribution in [2.75, 3.05) is 12.8 Å². The zero-order valence-corrected chi connectivity index (χ0v) is 21.9. The van der Waals surface area contributed by atoms with Gasteiger partial charge in [0.15, 0.2) is 0 Å². The van der Waals surface area contributed by atoms with Crippen molar-refractivity contribution in [1.82, 2.24) is 9.29 Å². The van der Waals surface area contributed by atoms with Crippen molar-refractivity contribution in [2.45, 2.75) is 31.8 Å². The maximum absolute atomic E-state index is 12.6. The number of benzene rings is 1. The van der Waals surface area contributed by atoms with E-state index < -0.39 is 15.6 Å². The highest BCUT2D eigenvalue weighted by molar-refractivity contribution is 7.89. The van der Waals surface area contributed by atoms with Crippen LogP contribution in [0.1, 0.15) is 35.6 Å². The second-order valence-corrected chi connectivity index (χ2v) is 12.7. The molecule has 0 fully saturated rings. The van der Waals surface area contributed by atoms with Crippen molar-refractivity contribution in [3.8, 4) is 0 Å². The number of aromatic nitrogens is 1. The molecule has 2 aliphatic heterocycles. The Labute approximate surface area is 210 Å². The minimum atomic E-state index is -3.62. The monoisotopic (exact) mass is 535 g/mol. The van der Waals surface area contributed by atoms with Gasteiger partial charge in [-0.25, -0.2) is 27.7 Å². The maximum atomic E-state index is 12.6. The number of thiophene rings is 1. The lowest BCUT2D eigenvalue weighted by Crippen LogP contribution is -2.50. The molecule has 0 bridgehead atoms. The minimum absolute atomic E-state index is 0.0674. The first kappa shape index (κ1) is 23.3. The lowest BCUT2D eigenvalue weighted by Gasteiger charge is -2.33. The highest BCUT2D eigenvalue weighted by atomic mass is 35.5. The van der Waals surface area contributed by atoms with Crippen LogP contribution in [0.5, 0.6) is 0 Å². The van der Waals surface area contributed by atoms with Crippen molar-refractivity contribution in [3.63, 3.8) is 0 Å². The molecule has 2 N–H and O–H groups in total. The molecule has 2 atom stereocenters. The topological polar surface area (TPSA) is 110 Å². The molecule has 5 rings (SSSR count). The summed E-state index contributed by atoms with van der Waals surface area (Å²) in [7, 11) is -2.23. The molecule has 4 heterocycles. The molecule has 0 saturated heterocycles. The Kier molecular flexibility index (Phi) is 5.70. The first-order chi connectivity index (χ1) is 16.1. The summed E-state index contributed by atoms with van der Waals surface area (Å²) < 4.78 is 33.6.